The summed E-state index contributed by atoms with van der Waals surface area (Å²) in [4.78, 5) is 28.5. The van der Waals surface area contributed by atoms with Gasteiger partial charge in [0, 0.05) is 17.9 Å². The first kappa shape index (κ1) is 20.0. The van der Waals surface area contributed by atoms with E-state index in [-0.39, 0.29) is 17.9 Å². The number of hydrogen-bond donors (Lipinski definition) is 2. The lowest BCUT2D eigenvalue weighted by Crippen LogP contribution is -2.25. The number of ether oxygens (including phenoxy) is 2. The Hall–Kier alpha value is -3.95. The van der Waals surface area contributed by atoms with E-state index in [0.29, 0.717) is 40.7 Å². The van der Waals surface area contributed by atoms with Crippen LogP contribution in [0.5, 0.6) is 11.5 Å². The third-order valence-electron chi connectivity index (χ3n) is 5.46. The molecule has 0 saturated heterocycles. The van der Waals surface area contributed by atoms with Crippen molar-refractivity contribution in [2.24, 2.45) is 0 Å². The molecule has 1 aromatic carbocycles. The molecule has 0 radical (unpaired) electrons. The minimum absolute atomic E-state index is 0.0107. The monoisotopic (exact) mass is 433 g/mol. The average molecular weight is 433 g/mol. The first-order valence-electron chi connectivity index (χ1n) is 10.3. The van der Waals surface area contributed by atoms with Crippen LogP contribution in [0.1, 0.15) is 43.0 Å². The van der Waals surface area contributed by atoms with E-state index in [4.69, 9.17) is 14.6 Å². The van der Waals surface area contributed by atoms with Crippen LogP contribution < -0.4 is 14.8 Å². The van der Waals surface area contributed by atoms with Gasteiger partial charge in [-0.25, -0.2) is 15.0 Å². The second-order valence-corrected chi connectivity index (χ2v) is 7.94. The quantitative estimate of drug-likeness (QED) is 0.496. The van der Waals surface area contributed by atoms with Gasteiger partial charge >= 0.3 is 0 Å². The molecular formula is C22H23N7O3. The molecule has 1 aliphatic heterocycles. The normalized spacial score (nSPS) is 15.7. The summed E-state index contributed by atoms with van der Waals surface area (Å²) in [6.45, 7) is 5.86. The van der Waals surface area contributed by atoms with E-state index in [2.05, 4.69) is 25.3 Å². The van der Waals surface area contributed by atoms with E-state index < -0.39 is 0 Å². The fraction of sp³-hybridized carbons (Fsp3) is 0.318. The van der Waals surface area contributed by atoms with E-state index in [1.165, 1.54) is 6.33 Å². The molecule has 5 rings (SSSR count). The third-order valence-corrected chi connectivity index (χ3v) is 5.46. The average Bonchev–Trinajstić information content (AvgIpc) is 3.37. The van der Waals surface area contributed by atoms with Gasteiger partial charge in [-0.15, -0.1) is 0 Å². The highest BCUT2D eigenvalue weighted by Gasteiger charge is 2.34. The Balaban J connectivity index is 1.65. The van der Waals surface area contributed by atoms with Crippen LogP contribution in [0, 0.1) is 6.92 Å². The highest BCUT2D eigenvalue weighted by Crippen LogP contribution is 2.42. The van der Waals surface area contributed by atoms with Crippen LogP contribution in [0.2, 0.25) is 0 Å². The van der Waals surface area contributed by atoms with Gasteiger partial charge in [-0.2, -0.15) is 9.78 Å². The van der Waals surface area contributed by atoms with Crippen LogP contribution in [0.15, 0.2) is 30.9 Å². The maximum atomic E-state index is 12.7. The molecule has 10 heteroatoms. The van der Waals surface area contributed by atoms with Crippen molar-refractivity contribution in [1.82, 2.24) is 29.7 Å². The van der Waals surface area contributed by atoms with Gasteiger partial charge < -0.3 is 19.8 Å². The van der Waals surface area contributed by atoms with Gasteiger partial charge in [0.15, 0.2) is 23.0 Å². The molecule has 4 heterocycles. The molecule has 1 aliphatic rings. The molecular weight excluding hydrogens is 410 g/mol. The smallest absolute Gasteiger partial charge is 0.226 e. The minimum Gasteiger partial charge on any atom is -0.493 e. The molecule has 1 atom stereocenters. The summed E-state index contributed by atoms with van der Waals surface area (Å²) in [5.41, 5.74) is 3.87. The number of nitrogens with one attached hydrogen (secondary N) is 2. The van der Waals surface area contributed by atoms with Gasteiger partial charge in [0.05, 0.1) is 25.2 Å². The highest BCUT2D eigenvalue weighted by molar-refractivity contribution is 5.95. The molecule has 0 aliphatic carbocycles. The molecule has 10 nitrogen and oxygen atoms in total. The van der Waals surface area contributed by atoms with Crippen molar-refractivity contribution in [3.8, 4) is 17.3 Å². The van der Waals surface area contributed by atoms with Crippen LogP contribution in [0.25, 0.3) is 17.0 Å². The molecule has 3 aromatic heterocycles. The predicted molar refractivity (Wildman–Crippen MR) is 117 cm³/mol. The maximum absolute atomic E-state index is 12.7. The number of carbonyl (C=O) groups is 1. The van der Waals surface area contributed by atoms with Crippen LogP contribution in [-0.2, 0) is 4.79 Å². The number of carbonyl (C=O) groups excluding carboxylic acids is 1. The van der Waals surface area contributed by atoms with Crippen molar-refractivity contribution in [3.05, 3.63) is 47.7 Å². The number of hydrogen-bond acceptors (Lipinski definition) is 7. The van der Waals surface area contributed by atoms with Crippen molar-refractivity contribution < 1.29 is 14.3 Å². The number of aromatic nitrogens is 6. The second-order valence-electron chi connectivity index (χ2n) is 7.94. The van der Waals surface area contributed by atoms with Gasteiger partial charge in [-0.05, 0) is 38.5 Å². The number of benzene rings is 1. The minimum atomic E-state index is -0.188. The number of imidazole rings is 1. The van der Waals surface area contributed by atoms with E-state index in [1.54, 1.807) is 18.1 Å². The lowest BCUT2D eigenvalue weighted by atomic mass is 9.85. The largest absolute Gasteiger partial charge is 0.493 e. The molecule has 2 N–H and O–H groups in total. The molecule has 0 saturated carbocycles. The third kappa shape index (κ3) is 3.24. The summed E-state index contributed by atoms with van der Waals surface area (Å²) >= 11 is 0. The number of fused-ring (bicyclic) bond motifs is 2. The summed E-state index contributed by atoms with van der Waals surface area (Å²) in [6, 6.07) is 5.78. The van der Waals surface area contributed by atoms with Crippen molar-refractivity contribution in [1.29, 1.82) is 0 Å². The maximum Gasteiger partial charge on any atom is 0.226 e. The molecule has 0 bridgehead atoms. The zero-order chi connectivity index (χ0) is 22.4. The van der Waals surface area contributed by atoms with Crippen molar-refractivity contribution in [3.63, 3.8) is 0 Å². The SMILES string of the molecule is COc1ccc([C@H]2CC(=O)Nc3c2c(C)nn3-c2ncnc3nc[nH]c23)cc1OC(C)C. The van der Waals surface area contributed by atoms with E-state index >= 15 is 0 Å². The predicted octanol–water partition coefficient (Wildman–Crippen LogP) is 3.12. The van der Waals surface area contributed by atoms with E-state index in [1.807, 2.05) is 39.0 Å². The number of anilines is 1. The number of aryl methyl sites for hydroxylation is 1. The summed E-state index contributed by atoms with van der Waals surface area (Å²) in [5, 5.41) is 7.70. The summed E-state index contributed by atoms with van der Waals surface area (Å²) < 4.78 is 13.1. The number of methoxy groups -OCH3 is 1. The van der Waals surface area contributed by atoms with Crippen LogP contribution in [-0.4, -0.2) is 48.8 Å². The molecule has 32 heavy (non-hydrogen) atoms. The number of nitrogens with zero attached hydrogens (tertiary/aromatic N) is 5. The summed E-state index contributed by atoms with van der Waals surface area (Å²) in [7, 11) is 1.61. The molecule has 1 amide bonds. The van der Waals surface area contributed by atoms with Gasteiger partial charge in [-0.3, -0.25) is 4.79 Å². The Kier molecular flexibility index (Phi) is 4.76. The first-order chi connectivity index (χ1) is 15.5. The zero-order valence-corrected chi connectivity index (χ0v) is 18.2. The van der Waals surface area contributed by atoms with Gasteiger partial charge in [-0.1, -0.05) is 6.07 Å². The van der Waals surface area contributed by atoms with Crippen LogP contribution >= 0.6 is 0 Å². The first-order valence-corrected chi connectivity index (χ1v) is 10.3. The Morgan fingerprint density at radius 1 is 1.19 bits per heavy atom. The lowest BCUT2D eigenvalue weighted by Gasteiger charge is -2.25. The van der Waals surface area contributed by atoms with Crippen molar-refractivity contribution in [2.45, 2.75) is 39.2 Å². The van der Waals surface area contributed by atoms with Crippen LogP contribution in [0.4, 0.5) is 5.82 Å². The molecule has 164 valence electrons. The molecule has 0 unspecified atom stereocenters. The Morgan fingerprint density at radius 3 is 2.81 bits per heavy atom. The molecule has 0 spiro atoms. The number of rotatable bonds is 5. The fourth-order valence-electron chi connectivity index (χ4n) is 4.15. The van der Waals surface area contributed by atoms with Gasteiger partial charge in [0.1, 0.15) is 17.7 Å². The second kappa shape index (κ2) is 7.63. The van der Waals surface area contributed by atoms with Gasteiger partial charge in [0.2, 0.25) is 5.91 Å². The Bertz CT molecular complexity index is 1320. The molecule has 0 fully saturated rings. The fourth-order valence-corrected chi connectivity index (χ4v) is 4.15. The molecule has 4 aromatic rings. The van der Waals surface area contributed by atoms with Crippen molar-refractivity contribution >= 4 is 22.9 Å². The standard InChI is InChI=1S/C22H23N7O3/c1-11(2)32-16-7-13(5-6-15(16)31-4)14-8-17(30)27-21-18(14)12(3)28-29(21)22-19-20(24-9-23-19)25-10-26-22/h5-7,9-11,14H,8H2,1-4H3,(H,27,30)(H,23,24,25,26)/t14-/m1/s1. The highest BCUT2D eigenvalue weighted by atomic mass is 16.5. The van der Waals surface area contributed by atoms with Crippen LogP contribution in [0.3, 0.4) is 0 Å². The van der Waals surface area contributed by atoms with Crippen molar-refractivity contribution in [2.75, 3.05) is 12.4 Å². The Labute approximate surface area is 184 Å². The topological polar surface area (TPSA) is 120 Å². The number of aromatic amines is 1. The zero-order valence-electron chi connectivity index (χ0n) is 18.2. The summed E-state index contributed by atoms with van der Waals surface area (Å²) in [5.74, 6) is 2.13. The number of H-pyrrole nitrogens is 1. The summed E-state index contributed by atoms with van der Waals surface area (Å²) in [6.07, 6.45) is 3.28. The Morgan fingerprint density at radius 2 is 2.03 bits per heavy atom. The number of amides is 1. The van der Waals surface area contributed by atoms with Gasteiger partial charge in [0.25, 0.3) is 0 Å². The lowest BCUT2D eigenvalue weighted by molar-refractivity contribution is -0.116. The van der Waals surface area contributed by atoms with E-state index in [0.717, 1.165) is 16.8 Å². The van der Waals surface area contributed by atoms with E-state index in [9.17, 15) is 4.79 Å².